The second kappa shape index (κ2) is 8.35. The summed E-state index contributed by atoms with van der Waals surface area (Å²) < 4.78 is 14.0. The molecule has 0 saturated heterocycles. The largest absolute Gasteiger partial charge is 0.394 e. The highest BCUT2D eigenvalue weighted by atomic mass is 19.1. The zero-order valence-corrected chi connectivity index (χ0v) is 12.8. The summed E-state index contributed by atoms with van der Waals surface area (Å²) in [6.45, 7) is 9.72. The van der Waals surface area contributed by atoms with Gasteiger partial charge < -0.3 is 15.3 Å². The average molecular weight is 282 g/mol. The predicted molar refractivity (Wildman–Crippen MR) is 81.2 cm³/mol. The Hall–Kier alpha value is -0.970. The van der Waals surface area contributed by atoms with Crippen LogP contribution in [0.1, 0.15) is 32.8 Å². The molecule has 1 aromatic carbocycles. The standard InChI is InChI=1S/C16H27FN2O/c1-4-16(13-20,14-9-7-8-10-15(14)17)18-11-12-19(5-2)6-3/h7-10,18,20H,4-6,11-13H2,1-3H3. The maximum atomic E-state index is 14.0. The van der Waals surface area contributed by atoms with Crippen LogP contribution in [0.4, 0.5) is 4.39 Å². The molecule has 1 aromatic rings. The summed E-state index contributed by atoms with van der Waals surface area (Å²) in [7, 11) is 0. The van der Waals surface area contributed by atoms with E-state index >= 15 is 0 Å². The lowest BCUT2D eigenvalue weighted by Gasteiger charge is -2.34. The molecule has 0 aliphatic heterocycles. The van der Waals surface area contributed by atoms with Gasteiger partial charge in [0.1, 0.15) is 5.82 Å². The number of aliphatic hydroxyl groups excluding tert-OH is 1. The van der Waals surface area contributed by atoms with Crippen LogP contribution in [0.3, 0.4) is 0 Å². The van der Waals surface area contributed by atoms with Gasteiger partial charge in [-0.25, -0.2) is 4.39 Å². The topological polar surface area (TPSA) is 35.5 Å². The van der Waals surface area contributed by atoms with Crippen molar-refractivity contribution in [2.75, 3.05) is 32.8 Å². The highest BCUT2D eigenvalue weighted by Crippen LogP contribution is 2.26. The maximum Gasteiger partial charge on any atom is 0.128 e. The van der Waals surface area contributed by atoms with Gasteiger partial charge in [0.25, 0.3) is 0 Å². The lowest BCUT2D eigenvalue weighted by molar-refractivity contribution is 0.146. The monoisotopic (exact) mass is 282 g/mol. The molecular formula is C16H27FN2O. The predicted octanol–water partition coefficient (Wildman–Crippen LogP) is 2.35. The number of rotatable bonds is 9. The second-order valence-electron chi connectivity index (χ2n) is 5.03. The molecule has 0 aromatic heterocycles. The molecule has 0 aliphatic carbocycles. The van der Waals surface area contributed by atoms with Gasteiger partial charge in [0.15, 0.2) is 0 Å². The van der Waals surface area contributed by atoms with Gasteiger partial charge in [0, 0.05) is 18.7 Å². The number of benzene rings is 1. The minimum absolute atomic E-state index is 0.108. The Morgan fingerprint density at radius 1 is 1.20 bits per heavy atom. The maximum absolute atomic E-state index is 14.0. The first kappa shape index (κ1) is 17.1. The Morgan fingerprint density at radius 3 is 2.35 bits per heavy atom. The van der Waals surface area contributed by atoms with Gasteiger partial charge in [-0.05, 0) is 25.6 Å². The first-order valence-electron chi connectivity index (χ1n) is 7.46. The van der Waals surface area contributed by atoms with Crippen LogP contribution in [-0.4, -0.2) is 42.8 Å². The van der Waals surface area contributed by atoms with Crippen LogP contribution in [0.2, 0.25) is 0 Å². The van der Waals surface area contributed by atoms with Crippen LogP contribution in [0.15, 0.2) is 24.3 Å². The summed E-state index contributed by atoms with van der Waals surface area (Å²) in [6.07, 6.45) is 0.642. The molecule has 0 spiro atoms. The second-order valence-corrected chi connectivity index (χ2v) is 5.03. The zero-order valence-electron chi connectivity index (χ0n) is 12.8. The fraction of sp³-hybridized carbons (Fsp3) is 0.625. The Balaban J connectivity index is 2.80. The molecule has 3 nitrogen and oxygen atoms in total. The van der Waals surface area contributed by atoms with Crippen molar-refractivity contribution in [3.63, 3.8) is 0 Å². The quantitative estimate of drug-likeness (QED) is 0.730. The van der Waals surface area contributed by atoms with Crippen molar-refractivity contribution in [2.24, 2.45) is 0 Å². The molecule has 1 atom stereocenters. The molecule has 0 radical (unpaired) electrons. The molecule has 0 saturated carbocycles. The van der Waals surface area contributed by atoms with Crippen molar-refractivity contribution < 1.29 is 9.50 Å². The molecule has 4 heteroatoms. The molecule has 2 N–H and O–H groups in total. The van der Waals surface area contributed by atoms with Gasteiger partial charge in [-0.3, -0.25) is 0 Å². The molecule has 0 aliphatic rings. The van der Waals surface area contributed by atoms with E-state index in [9.17, 15) is 9.50 Å². The first-order chi connectivity index (χ1) is 9.63. The highest BCUT2D eigenvalue weighted by molar-refractivity contribution is 5.26. The van der Waals surface area contributed by atoms with Gasteiger partial charge >= 0.3 is 0 Å². The summed E-state index contributed by atoms with van der Waals surface area (Å²) in [4.78, 5) is 2.30. The summed E-state index contributed by atoms with van der Waals surface area (Å²) >= 11 is 0. The lowest BCUT2D eigenvalue weighted by atomic mass is 9.87. The van der Waals surface area contributed by atoms with Crippen LogP contribution in [0, 0.1) is 5.82 Å². The van der Waals surface area contributed by atoms with Gasteiger partial charge in [-0.1, -0.05) is 39.0 Å². The highest BCUT2D eigenvalue weighted by Gasteiger charge is 2.31. The molecule has 0 bridgehead atoms. The summed E-state index contributed by atoms with van der Waals surface area (Å²) in [5.41, 5.74) is -0.150. The number of likely N-dealkylation sites (N-methyl/N-ethyl adjacent to an activating group) is 1. The Kier molecular flexibility index (Phi) is 7.13. The molecule has 1 rings (SSSR count). The van der Waals surface area contributed by atoms with Crippen LogP contribution in [0.5, 0.6) is 0 Å². The van der Waals surface area contributed by atoms with Gasteiger partial charge in [-0.15, -0.1) is 0 Å². The summed E-state index contributed by atoms with van der Waals surface area (Å²) in [6, 6.07) is 6.68. The number of nitrogens with one attached hydrogen (secondary N) is 1. The fourth-order valence-electron chi connectivity index (χ4n) is 2.51. The summed E-state index contributed by atoms with van der Waals surface area (Å²) in [5, 5.41) is 13.1. The van der Waals surface area contributed by atoms with Crippen molar-refractivity contribution >= 4 is 0 Å². The van der Waals surface area contributed by atoms with Crippen LogP contribution in [0.25, 0.3) is 0 Å². The SMILES string of the molecule is CCN(CC)CCNC(CC)(CO)c1ccccc1F. The van der Waals surface area contributed by atoms with Crippen molar-refractivity contribution in [3.05, 3.63) is 35.6 Å². The Morgan fingerprint density at radius 2 is 1.85 bits per heavy atom. The van der Waals surface area contributed by atoms with E-state index in [1.807, 2.05) is 13.0 Å². The minimum Gasteiger partial charge on any atom is -0.394 e. The number of nitrogens with zero attached hydrogens (tertiary/aromatic N) is 1. The number of aliphatic hydroxyl groups is 1. The lowest BCUT2D eigenvalue weighted by Crippen LogP contribution is -2.48. The van der Waals surface area contributed by atoms with Gasteiger partial charge in [-0.2, -0.15) is 0 Å². The van der Waals surface area contributed by atoms with Gasteiger partial charge in [0.2, 0.25) is 0 Å². The Bertz CT molecular complexity index is 390. The molecule has 0 fully saturated rings. The van der Waals surface area contributed by atoms with E-state index in [1.165, 1.54) is 6.07 Å². The van der Waals surface area contributed by atoms with Crippen LogP contribution in [-0.2, 0) is 5.54 Å². The average Bonchev–Trinajstić information content (AvgIpc) is 2.49. The van der Waals surface area contributed by atoms with Crippen molar-refractivity contribution in [2.45, 2.75) is 32.7 Å². The van der Waals surface area contributed by atoms with Gasteiger partial charge in [0.05, 0.1) is 12.1 Å². The van der Waals surface area contributed by atoms with Crippen LogP contribution < -0.4 is 5.32 Å². The van der Waals surface area contributed by atoms with E-state index in [2.05, 4.69) is 24.1 Å². The van der Waals surface area contributed by atoms with E-state index in [1.54, 1.807) is 12.1 Å². The smallest absolute Gasteiger partial charge is 0.128 e. The van der Waals surface area contributed by atoms with Crippen LogP contribution >= 0.6 is 0 Å². The molecule has 0 amide bonds. The first-order valence-corrected chi connectivity index (χ1v) is 7.46. The zero-order chi connectivity index (χ0) is 15.0. The molecule has 20 heavy (non-hydrogen) atoms. The Labute approximate surface area is 121 Å². The summed E-state index contributed by atoms with van der Waals surface area (Å²) in [5.74, 6) is -0.265. The third kappa shape index (κ3) is 4.01. The third-order valence-electron chi connectivity index (χ3n) is 4.05. The van der Waals surface area contributed by atoms with Crippen molar-refractivity contribution in [3.8, 4) is 0 Å². The molecule has 114 valence electrons. The minimum atomic E-state index is -0.696. The van der Waals surface area contributed by atoms with E-state index in [-0.39, 0.29) is 12.4 Å². The number of hydrogen-bond acceptors (Lipinski definition) is 3. The molecule has 1 unspecified atom stereocenters. The van der Waals surface area contributed by atoms with E-state index < -0.39 is 5.54 Å². The van der Waals surface area contributed by atoms with E-state index in [4.69, 9.17) is 0 Å². The van der Waals surface area contributed by atoms with E-state index in [0.29, 0.717) is 12.0 Å². The third-order valence-corrected chi connectivity index (χ3v) is 4.05. The van der Waals surface area contributed by atoms with Crippen molar-refractivity contribution in [1.82, 2.24) is 10.2 Å². The number of hydrogen-bond donors (Lipinski definition) is 2. The molecule has 0 heterocycles. The molecular weight excluding hydrogens is 255 g/mol. The number of halogens is 1. The fourth-order valence-corrected chi connectivity index (χ4v) is 2.51. The van der Waals surface area contributed by atoms with E-state index in [0.717, 1.165) is 26.2 Å². The normalized spacial score (nSPS) is 14.5. The van der Waals surface area contributed by atoms with Crippen molar-refractivity contribution in [1.29, 1.82) is 0 Å².